The van der Waals surface area contributed by atoms with Crippen molar-refractivity contribution in [3.05, 3.63) is 42.0 Å². The number of rotatable bonds is 2. The predicted molar refractivity (Wildman–Crippen MR) is 75.1 cm³/mol. The highest BCUT2D eigenvalue weighted by Crippen LogP contribution is 2.30. The van der Waals surface area contributed by atoms with E-state index in [0.717, 1.165) is 33.7 Å². The average molecular weight is 254 g/mol. The highest BCUT2D eigenvalue weighted by atomic mass is 16.5. The molecular formula is C15H14N2O2. The lowest BCUT2D eigenvalue weighted by molar-refractivity contribution is 0.415. The number of nitrogen functional groups attached to an aromatic ring is 1. The van der Waals surface area contributed by atoms with E-state index < -0.39 is 0 Å². The number of anilines is 1. The Bertz CT molecular complexity index is 747. The quantitative estimate of drug-likeness (QED) is 0.712. The Morgan fingerprint density at radius 3 is 2.84 bits per heavy atom. The summed E-state index contributed by atoms with van der Waals surface area (Å²) in [5.41, 5.74) is 10.0. The topological polar surface area (TPSA) is 61.3 Å². The smallest absolute Gasteiger partial charge is 0.227 e. The van der Waals surface area contributed by atoms with Crippen molar-refractivity contribution < 1.29 is 9.15 Å². The van der Waals surface area contributed by atoms with E-state index in [2.05, 4.69) is 4.98 Å². The van der Waals surface area contributed by atoms with Gasteiger partial charge >= 0.3 is 0 Å². The van der Waals surface area contributed by atoms with Crippen molar-refractivity contribution in [3.63, 3.8) is 0 Å². The van der Waals surface area contributed by atoms with Crippen LogP contribution >= 0.6 is 0 Å². The van der Waals surface area contributed by atoms with Gasteiger partial charge in [-0.3, -0.25) is 0 Å². The molecule has 96 valence electrons. The zero-order chi connectivity index (χ0) is 13.4. The summed E-state index contributed by atoms with van der Waals surface area (Å²) in [7, 11) is 1.63. The average Bonchev–Trinajstić information content (AvgIpc) is 2.84. The van der Waals surface area contributed by atoms with Crippen molar-refractivity contribution in [2.45, 2.75) is 6.92 Å². The lowest BCUT2D eigenvalue weighted by Crippen LogP contribution is -1.91. The maximum atomic E-state index is 5.91. The minimum absolute atomic E-state index is 0.577. The van der Waals surface area contributed by atoms with Gasteiger partial charge < -0.3 is 14.9 Å². The van der Waals surface area contributed by atoms with Crippen molar-refractivity contribution in [3.8, 4) is 17.2 Å². The second kappa shape index (κ2) is 4.31. The number of fused-ring (bicyclic) bond motifs is 1. The molecule has 0 bridgehead atoms. The van der Waals surface area contributed by atoms with Crippen LogP contribution in [0.1, 0.15) is 5.56 Å². The molecule has 3 aromatic rings. The molecule has 2 aromatic carbocycles. The van der Waals surface area contributed by atoms with E-state index in [9.17, 15) is 0 Å². The third-order valence-electron chi connectivity index (χ3n) is 3.20. The monoisotopic (exact) mass is 254 g/mol. The molecule has 0 aliphatic heterocycles. The van der Waals surface area contributed by atoms with Gasteiger partial charge in [0.25, 0.3) is 0 Å². The molecule has 19 heavy (non-hydrogen) atoms. The Morgan fingerprint density at radius 2 is 2.05 bits per heavy atom. The summed E-state index contributed by atoms with van der Waals surface area (Å²) in [6.07, 6.45) is 0. The summed E-state index contributed by atoms with van der Waals surface area (Å²) in [6.45, 7) is 1.96. The van der Waals surface area contributed by atoms with Crippen molar-refractivity contribution in [2.75, 3.05) is 12.8 Å². The lowest BCUT2D eigenvalue weighted by Gasteiger charge is -2.03. The van der Waals surface area contributed by atoms with Crippen LogP contribution in [0.2, 0.25) is 0 Å². The molecule has 1 aromatic heterocycles. The molecule has 3 rings (SSSR count). The normalized spacial score (nSPS) is 10.8. The van der Waals surface area contributed by atoms with Gasteiger partial charge in [-0.1, -0.05) is 6.07 Å². The lowest BCUT2D eigenvalue weighted by atomic mass is 10.1. The highest BCUT2D eigenvalue weighted by Gasteiger charge is 2.12. The second-order valence-corrected chi connectivity index (χ2v) is 4.37. The maximum Gasteiger partial charge on any atom is 0.227 e. The van der Waals surface area contributed by atoms with E-state index in [1.54, 1.807) is 7.11 Å². The molecule has 2 N–H and O–H groups in total. The van der Waals surface area contributed by atoms with E-state index in [4.69, 9.17) is 14.9 Å². The first-order chi connectivity index (χ1) is 9.19. The predicted octanol–water partition coefficient (Wildman–Crippen LogP) is 3.39. The summed E-state index contributed by atoms with van der Waals surface area (Å²) in [6, 6.07) is 11.3. The number of benzene rings is 2. The fourth-order valence-corrected chi connectivity index (χ4v) is 2.03. The molecule has 4 nitrogen and oxygen atoms in total. The van der Waals surface area contributed by atoms with Gasteiger partial charge in [-0.25, -0.2) is 4.98 Å². The van der Waals surface area contributed by atoms with E-state index in [0.29, 0.717) is 5.89 Å². The van der Waals surface area contributed by atoms with E-state index in [1.807, 2.05) is 43.3 Å². The molecule has 0 fully saturated rings. The molecule has 1 heterocycles. The number of hydrogen-bond donors (Lipinski definition) is 1. The fourth-order valence-electron chi connectivity index (χ4n) is 2.03. The minimum Gasteiger partial charge on any atom is -0.497 e. The summed E-state index contributed by atoms with van der Waals surface area (Å²) in [5.74, 6) is 1.34. The molecular weight excluding hydrogens is 240 g/mol. The molecule has 0 saturated heterocycles. The third kappa shape index (κ3) is 1.91. The van der Waals surface area contributed by atoms with Crippen LogP contribution in [0, 0.1) is 6.92 Å². The second-order valence-electron chi connectivity index (χ2n) is 4.37. The Balaban J connectivity index is 2.18. The summed E-state index contributed by atoms with van der Waals surface area (Å²) >= 11 is 0. The molecule has 0 amide bonds. The maximum absolute atomic E-state index is 5.91. The van der Waals surface area contributed by atoms with Gasteiger partial charge in [-0.15, -0.1) is 0 Å². The van der Waals surface area contributed by atoms with Crippen molar-refractivity contribution in [1.29, 1.82) is 0 Å². The molecule has 0 aliphatic rings. The number of nitrogens with zero attached hydrogens (tertiary/aromatic N) is 1. The zero-order valence-electron chi connectivity index (χ0n) is 10.8. The van der Waals surface area contributed by atoms with Crippen LogP contribution in [-0.2, 0) is 0 Å². The first-order valence-corrected chi connectivity index (χ1v) is 5.99. The van der Waals surface area contributed by atoms with Crippen LogP contribution in [0.5, 0.6) is 5.75 Å². The van der Waals surface area contributed by atoms with Crippen LogP contribution in [-0.4, -0.2) is 12.1 Å². The first kappa shape index (κ1) is 11.6. The van der Waals surface area contributed by atoms with Crippen molar-refractivity contribution in [1.82, 2.24) is 4.98 Å². The number of nitrogens with two attached hydrogens (primary N) is 1. The Kier molecular flexibility index (Phi) is 2.63. The molecule has 0 saturated carbocycles. The minimum atomic E-state index is 0.577. The van der Waals surface area contributed by atoms with Gasteiger partial charge in [-0.05, 0) is 36.8 Å². The van der Waals surface area contributed by atoms with Gasteiger partial charge in [0.1, 0.15) is 11.3 Å². The molecule has 0 unspecified atom stereocenters. The SMILES string of the molecule is COc1ccc2oc(-c3cccc(N)c3C)nc2c1. The number of oxazole rings is 1. The Hall–Kier alpha value is -2.49. The largest absolute Gasteiger partial charge is 0.497 e. The number of ether oxygens (including phenoxy) is 1. The molecule has 0 spiro atoms. The molecule has 4 heteroatoms. The van der Waals surface area contributed by atoms with Gasteiger partial charge in [-0.2, -0.15) is 0 Å². The van der Waals surface area contributed by atoms with Gasteiger partial charge in [0.2, 0.25) is 5.89 Å². The Morgan fingerprint density at radius 1 is 1.21 bits per heavy atom. The first-order valence-electron chi connectivity index (χ1n) is 5.99. The summed E-state index contributed by atoms with van der Waals surface area (Å²) < 4.78 is 10.9. The number of methoxy groups -OCH3 is 1. The van der Waals surface area contributed by atoms with Crippen LogP contribution < -0.4 is 10.5 Å². The van der Waals surface area contributed by atoms with E-state index in [-0.39, 0.29) is 0 Å². The van der Waals surface area contributed by atoms with Gasteiger partial charge in [0.15, 0.2) is 5.58 Å². The number of aromatic nitrogens is 1. The van der Waals surface area contributed by atoms with Gasteiger partial charge in [0.05, 0.1) is 7.11 Å². The summed E-state index contributed by atoms with van der Waals surface area (Å²) in [5, 5.41) is 0. The van der Waals surface area contributed by atoms with Crippen molar-refractivity contribution in [2.24, 2.45) is 0 Å². The molecule has 0 atom stereocenters. The van der Waals surface area contributed by atoms with Crippen LogP contribution in [0.4, 0.5) is 5.69 Å². The van der Waals surface area contributed by atoms with Crippen LogP contribution in [0.3, 0.4) is 0 Å². The van der Waals surface area contributed by atoms with Crippen LogP contribution in [0.25, 0.3) is 22.6 Å². The molecule has 0 aliphatic carbocycles. The van der Waals surface area contributed by atoms with Gasteiger partial charge in [0, 0.05) is 17.3 Å². The van der Waals surface area contributed by atoms with Crippen molar-refractivity contribution >= 4 is 16.8 Å². The molecule has 0 radical (unpaired) electrons. The fraction of sp³-hybridized carbons (Fsp3) is 0.133. The van der Waals surface area contributed by atoms with Crippen LogP contribution in [0.15, 0.2) is 40.8 Å². The zero-order valence-corrected chi connectivity index (χ0v) is 10.8. The standard InChI is InChI=1S/C15H14N2O2/c1-9-11(4-3-5-12(9)16)15-17-13-8-10(18-2)6-7-14(13)19-15/h3-8H,16H2,1-2H3. The third-order valence-corrected chi connectivity index (χ3v) is 3.20. The van der Waals surface area contributed by atoms with E-state index >= 15 is 0 Å². The summed E-state index contributed by atoms with van der Waals surface area (Å²) in [4.78, 5) is 4.49. The number of hydrogen-bond acceptors (Lipinski definition) is 4. The van der Waals surface area contributed by atoms with E-state index in [1.165, 1.54) is 0 Å². The Labute approximate surface area is 110 Å². The highest BCUT2D eigenvalue weighted by molar-refractivity contribution is 5.79.